The Morgan fingerprint density at radius 3 is 2.89 bits per heavy atom. The van der Waals surface area contributed by atoms with Gasteiger partial charge in [0.15, 0.2) is 0 Å². The maximum absolute atomic E-state index is 12.0. The lowest BCUT2D eigenvalue weighted by molar-refractivity contribution is -0.0588. The van der Waals surface area contributed by atoms with E-state index in [1.807, 2.05) is 26.8 Å². The van der Waals surface area contributed by atoms with Crippen molar-refractivity contribution in [3.8, 4) is 0 Å². The average molecular weight is 281 g/mol. The molecule has 4 heteroatoms. The number of thiophene rings is 1. The fourth-order valence-corrected chi connectivity index (χ4v) is 3.40. The van der Waals surface area contributed by atoms with E-state index in [0.717, 1.165) is 23.6 Å². The average Bonchev–Trinajstić information content (AvgIpc) is 2.77. The highest BCUT2D eigenvalue weighted by molar-refractivity contribution is 7.14. The zero-order chi connectivity index (χ0) is 14.0. The molecule has 1 amide bonds. The number of amides is 1. The largest absolute Gasteiger partial charge is 0.284 e. The molecular formula is C15H23NO2S. The number of nitrogens with one attached hydrogen (secondary N) is 1. The molecule has 1 aromatic heterocycles. The van der Waals surface area contributed by atoms with Crippen LogP contribution in [0.15, 0.2) is 6.07 Å². The van der Waals surface area contributed by atoms with Gasteiger partial charge in [0.2, 0.25) is 0 Å². The van der Waals surface area contributed by atoms with Crippen molar-refractivity contribution in [2.24, 2.45) is 5.92 Å². The first-order chi connectivity index (χ1) is 8.89. The summed E-state index contributed by atoms with van der Waals surface area (Å²) in [5.74, 6) is 0.659. The van der Waals surface area contributed by atoms with Gasteiger partial charge >= 0.3 is 0 Å². The maximum atomic E-state index is 12.0. The highest BCUT2D eigenvalue weighted by Gasteiger charge is 2.22. The zero-order valence-electron chi connectivity index (χ0n) is 12.2. The Morgan fingerprint density at radius 1 is 1.53 bits per heavy atom. The van der Waals surface area contributed by atoms with Gasteiger partial charge in [-0.3, -0.25) is 9.63 Å². The number of carbonyl (C=O) groups is 1. The Labute approximate surface area is 119 Å². The highest BCUT2D eigenvalue weighted by atomic mass is 32.1. The van der Waals surface area contributed by atoms with Gasteiger partial charge < -0.3 is 0 Å². The Hall–Kier alpha value is -0.870. The molecule has 1 aliphatic rings. The molecule has 0 fully saturated rings. The van der Waals surface area contributed by atoms with Crippen LogP contribution in [-0.2, 0) is 17.7 Å². The molecule has 2 rings (SSSR count). The summed E-state index contributed by atoms with van der Waals surface area (Å²) in [7, 11) is 0. The normalized spacial score (nSPS) is 19.1. The van der Waals surface area contributed by atoms with E-state index >= 15 is 0 Å². The molecule has 1 heterocycles. The summed E-state index contributed by atoms with van der Waals surface area (Å²) >= 11 is 1.61. The Morgan fingerprint density at radius 2 is 2.26 bits per heavy atom. The minimum absolute atomic E-state index is 0.123. The van der Waals surface area contributed by atoms with Crippen molar-refractivity contribution >= 4 is 17.2 Å². The first-order valence-corrected chi connectivity index (χ1v) is 7.80. The van der Waals surface area contributed by atoms with Crippen LogP contribution >= 0.6 is 11.3 Å². The molecule has 19 heavy (non-hydrogen) atoms. The second kappa shape index (κ2) is 5.63. The van der Waals surface area contributed by atoms with Gasteiger partial charge in [-0.15, -0.1) is 11.3 Å². The van der Waals surface area contributed by atoms with Crippen LogP contribution in [0.1, 0.15) is 60.6 Å². The number of hydrogen-bond acceptors (Lipinski definition) is 3. The van der Waals surface area contributed by atoms with Crippen molar-refractivity contribution in [3.05, 3.63) is 21.4 Å². The van der Waals surface area contributed by atoms with Crippen LogP contribution in [0.4, 0.5) is 0 Å². The van der Waals surface area contributed by atoms with Crippen molar-refractivity contribution in [2.45, 2.75) is 59.0 Å². The molecule has 0 saturated carbocycles. The van der Waals surface area contributed by atoms with Crippen molar-refractivity contribution in [2.75, 3.05) is 0 Å². The van der Waals surface area contributed by atoms with Crippen molar-refractivity contribution in [1.82, 2.24) is 5.48 Å². The van der Waals surface area contributed by atoms with Crippen LogP contribution in [0.5, 0.6) is 0 Å². The highest BCUT2D eigenvalue weighted by Crippen LogP contribution is 2.33. The summed E-state index contributed by atoms with van der Waals surface area (Å²) < 4.78 is 0. The van der Waals surface area contributed by atoms with Gasteiger partial charge in [0.1, 0.15) is 0 Å². The lowest BCUT2D eigenvalue weighted by Gasteiger charge is -2.19. The van der Waals surface area contributed by atoms with Crippen LogP contribution < -0.4 is 5.48 Å². The lowest BCUT2D eigenvalue weighted by atomic mass is 9.87. The van der Waals surface area contributed by atoms with Gasteiger partial charge in [0.25, 0.3) is 5.91 Å². The van der Waals surface area contributed by atoms with Gasteiger partial charge in [0.05, 0.1) is 10.5 Å². The van der Waals surface area contributed by atoms with Gasteiger partial charge in [-0.05, 0) is 57.6 Å². The fourth-order valence-electron chi connectivity index (χ4n) is 2.31. The summed E-state index contributed by atoms with van der Waals surface area (Å²) in [4.78, 5) is 19.5. The van der Waals surface area contributed by atoms with E-state index in [0.29, 0.717) is 0 Å². The molecule has 1 aliphatic carbocycles. The third-order valence-electron chi connectivity index (χ3n) is 3.44. The van der Waals surface area contributed by atoms with Crippen LogP contribution in [0, 0.1) is 5.92 Å². The number of hydrogen-bond donors (Lipinski definition) is 1. The van der Waals surface area contributed by atoms with E-state index in [1.165, 1.54) is 23.3 Å². The van der Waals surface area contributed by atoms with E-state index in [-0.39, 0.29) is 11.5 Å². The predicted molar refractivity (Wildman–Crippen MR) is 78.4 cm³/mol. The second-order valence-corrected chi connectivity index (χ2v) is 7.36. The summed E-state index contributed by atoms with van der Waals surface area (Å²) in [5, 5.41) is 0. The quantitative estimate of drug-likeness (QED) is 0.857. The number of aryl methyl sites for hydroxylation is 1. The third-order valence-corrected chi connectivity index (χ3v) is 4.67. The van der Waals surface area contributed by atoms with Crippen LogP contribution in [0.3, 0.4) is 0 Å². The van der Waals surface area contributed by atoms with Gasteiger partial charge in [-0.25, -0.2) is 5.48 Å². The minimum atomic E-state index is -0.361. The molecule has 0 bridgehead atoms. The topological polar surface area (TPSA) is 38.3 Å². The van der Waals surface area contributed by atoms with Crippen LogP contribution in [0.25, 0.3) is 0 Å². The maximum Gasteiger partial charge on any atom is 0.284 e. The molecule has 1 aromatic rings. The molecule has 1 atom stereocenters. The first kappa shape index (κ1) is 14.5. The van der Waals surface area contributed by atoms with Crippen molar-refractivity contribution in [3.63, 3.8) is 0 Å². The first-order valence-electron chi connectivity index (χ1n) is 6.99. The van der Waals surface area contributed by atoms with E-state index in [9.17, 15) is 4.79 Å². The van der Waals surface area contributed by atoms with Crippen molar-refractivity contribution < 1.29 is 9.63 Å². The zero-order valence-corrected chi connectivity index (χ0v) is 13.0. The van der Waals surface area contributed by atoms with E-state index in [1.54, 1.807) is 11.3 Å². The summed E-state index contributed by atoms with van der Waals surface area (Å²) in [6.45, 7) is 7.99. The molecule has 0 spiro atoms. The molecule has 0 radical (unpaired) electrons. The SMILES string of the molecule is CCC1CCc2sc(C(=O)NOC(C)(C)C)cc2C1. The second-order valence-electron chi connectivity index (χ2n) is 6.22. The Balaban J connectivity index is 2.03. The molecular weight excluding hydrogens is 258 g/mol. The predicted octanol–water partition coefficient (Wildman–Crippen LogP) is 3.72. The fraction of sp³-hybridized carbons (Fsp3) is 0.667. The molecule has 1 N–H and O–H groups in total. The number of fused-ring (bicyclic) bond motifs is 1. The summed E-state index contributed by atoms with van der Waals surface area (Å²) in [6, 6.07) is 2.04. The van der Waals surface area contributed by atoms with Gasteiger partial charge in [0, 0.05) is 4.88 Å². The molecule has 1 unspecified atom stereocenters. The number of rotatable bonds is 3. The summed E-state index contributed by atoms with van der Waals surface area (Å²) in [5.41, 5.74) is 3.55. The molecule has 0 aromatic carbocycles. The van der Waals surface area contributed by atoms with Gasteiger partial charge in [-0.2, -0.15) is 0 Å². The van der Waals surface area contributed by atoms with Crippen LogP contribution in [0.2, 0.25) is 0 Å². The van der Waals surface area contributed by atoms with E-state index in [4.69, 9.17) is 4.84 Å². The van der Waals surface area contributed by atoms with Crippen molar-refractivity contribution in [1.29, 1.82) is 0 Å². The lowest BCUT2D eigenvalue weighted by Crippen LogP contribution is -2.33. The smallest absolute Gasteiger partial charge is 0.268 e. The van der Waals surface area contributed by atoms with Crippen LogP contribution in [-0.4, -0.2) is 11.5 Å². The minimum Gasteiger partial charge on any atom is -0.268 e. The monoisotopic (exact) mass is 281 g/mol. The molecule has 0 aliphatic heterocycles. The number of hydroxylamine groups is 1. The third kappa shape index (κ3) is 3.80. The Bertz CT molecular complexity index is 459. The standard InChI is InChI=1S/C15H23NO2S/c1-5-10-6-7-12-11(8-10)9-13(19-12)14(17)16-18-15(2,3)4/h9-10H,5-8H2,1-4H3,(H,16,17). The van der Waals surface area contributed by atoms with E-state index in [2.05, 4.69) is 12.4 Å². The van der Waals surface area contributed by atoms with E-state index < -0.39 is 0 Å². The molecule has 3 nitrogen and oxygen atoms in total. The number of carbonyl (C=O) groups excluding carboxylic acids is 1. The molecule has 0 saturated heterocycles. The molecule has 106 valence electrons. The van der Waals surface area contributed by atoms with Gasteiger partial charge in [-0.1, -0.05) is 13.3 Å². The Kier molecular flexibility index (Phi) is 4.31. The summed E-state index contributed by atoms with van der Waals surface area (Å²) in [6.07, 6.45) is 4.72.